The van der Waals surface area contributed by atoms with Gasteiger partial charge in [-0.15, -0.1) is 0 Å². The fraction of sp³-hybridized carbons (Fsp3) is 0.667. The largest absolute Gasteiger partial charge is 0.373 e. The van der Waals surface area contributed by atoms with Gasteiger partial charge in [0.25, 0.3) is 15.9 Å². The van der Waals surface area contributed by atoms with Crippen molar-refractivity contribution in [1.82, 2.24) is 19.6 Å². The molecule has 1 aromatic carbocycles. The Kier molecular flexibility index (Phi) is 12.3. The van der Waals surface area contributed by atoms with Gasteiger partial charge in [0.1, 0.15) is 0 Å². The number of nitrogens with zero attached hydrogens (tertiary/aromatic N) is 4. The zero-order valence-corrected chi connectivity index (χ0v) is 28.3. The van der Waals surface area contributed by atoms with Crippen LogP contribution >= 0.6 is 0 Å². The number of imidazole rings is 1. The van der Waals surface area contributed by atoms with Crippen LogP contribution in [0.1, 0.15) is 101 Å². The van der Waals surface area contributed by atoms with Gasteiger partial charge in [0.15, 0.2) is 5.03 Å². The van der Waals surface area contributed by atoms with E-state index in [-0.39, 0.29) is 23.3 Å². The molecule has 1 atom stereocenters. The molecule has 1 unspecified atom stereocenters. The number of carbonyl (C=O) groups is 2. The molecule has 2 amide bonds. The Morgan fingerprint density at radius 1 is 1.04 bits per heavy atom. The van der Waals surface area contributed by atoms with Gasteiger partial charge < -0.3 is 19.8 Å². The topological polar surface area (TPSA) is 143 Å². The molecule has 2 aromatic rings. The van der Waals surface area contributed by atoms with Gasteiger partial charge in [-0.25, -0.2) is 15.5 Å². The van der Waals surface area contributed by atoms with E-state index in [2.05, 4.69) is 40.8 Å². The molecule has 0 spiro atoms. The maximum atomic E-state index is 13.8. The zero-order valence-electron chi connectivity index (χ0n) is 27.5. The van der Waals surface area contributed by atoms with Gasteiger partial charge >= 0.3 is 0 Å². The summed E-state index contributed by atoms with van der Waals surface area (Å²) >= 11 is 0. The molecule has 2 fully saturated rings. The van der Waals surface area contributed by atoms with E-state index in [9.17, 15) is 18.0 Å². The SMILES string of the molecule is CC(C)CCN(C)c1ccc(C(=O)NC(CC(=O)NS(=O)(=O)c2cn(C)cn2)C2CCCCC2)cc1N(N)CC1CCCCC1. The summed E-state index contributed by atoms with van der Waals surface area (Å²) in [4.78, 5) is 32.9. The quantitative estimate of drug-likeness (QED) is 0.198. The number of amides is 2. The molecule has 0 bridgehead atoms. The third-order valence-electron chi connectivity index (χ3n) is 9.33. The number of anilines is 2. The molecule has 11 nitrogen and oxygen atoms in total. The van der Waals surface area contributed by atoms with Crippen molar-refractivity contribution in [3.05, 3.63) is 36.3 Å². The summed E-state index contributed by atoms with van der Waals surface area (Å²) < 4.78 is 29.2. The van der Waals surface area contributed by atoms with Crippen LogP contribution in [0.2, 0.25) is 0 Å². The van der Waals surface area contributed by atoms with Gasteiger partial charge in [-0.3, -0.25) is 9.59 Å². The highest BCUT2D eigenvalue weighted by Crippen LogP contribution is 2.33. The summed E-state index contributed by atoms with van der Waals surface area (Å²) in [7, 11) is -0.396. The van der Waals surface area contributed by atoms with Crippen LogP contribution in [0.4, 0.5) is 11.4 Å². The van der Waals surface area contributed by atoms with Gasteiger partial charge in [-0.1, -0.05) is 52.4 Å². The summed E-state index contributed by atoms with van der Waals surface area (Å²) in [5, 5.41) is 4.70. The Morgan fingerprint density at radius 2 is 1.71 bits per heavy atom. The van der Waals surface area contributed by atoms with E-state index < -0.39 is 22.0 Å². The molecule has 12 heteroatoms. The van der Waals surface area contributed by atoms with Crippen molar-refractivity contribution < 1.29 is 18.0 Å². The highest BCUT2D eigenvalue weighted by molar-refractivity contribution is 7.90. The van der Waals surface area contributed by atoms with Crippen molar-refractivity contribution in [2.45, 2.75) is 102 Å². The van der Waals surface area contributed by atoms with Crippen molar-refractivity contribution in [2.24, 2.45) is 30.6 Å². The van der Waals surface area contributed by atoms with E-state index in [1.165, 1.54) is 36.4 Å². The molecule has 2 aliphatic carbocycles. The first-order valence-corrected chi connectivity index (χ1v) is 18.1. The monoisotopic (exact) mass is 643 g/mol. The molecule has 1 heterocycles. The number of nitrogens with two attached hydrogens (primary N) is 1. The lowest BCUT2D eigenvalue weighted by atomic mass is 9.82. The molecule has 45 heavy (non-hydrogen) atoms. The standard InChI is InChI=1S/C33H53N7O4S/c1-24(2)17-18-39(4)29-16-15-27(19-30(29)40(34)21-25-11-7-5-8-12-25)33(42)36-28(26-13-9-6-10-14-26)20-31(41)37-45(43,44)32-22-38(3)23-35-32/h15-16,19,22-26,28H,5-14,17-18,20-21,34H2,1-4H3,(H,36,42)(H,37,41). The Balaban J connectivity index is 1.54. The molecule has 1 aromatic heterocycles. The highest BCUT2D eigenvalue weighted by atomic mass is 32.2. The van der Waals surface area contributed by atoms with Crippen LogP contribution in [0.25, 0.3) is 0 Å². The number of hydrogen-bond acceptors (Lipinski definition) is 8. The molecular formula is C33H53N7O4S. The van der Waals surface area contributed by atoms with Crippen molar-refractivity contribution in [2.75, 3.05) is 30.0 Å². The number of sulfonamides is 1. The Morgan fingerprint density at radius 3 is 2.33 bits per heavy atom. The van der Waals surface area contributed by atoms with Crippen LogP contribution in [-0.2, 0) is 21.9 Å². The van der Waals surface area contributed by atoms with Crippen molar-refractivity contribution >= 4 is 33.2 Å². The smallest absolute Gasteiger partial charge is 0.283 e. The van der Waals surface area contributed by atoms with Gasteiger partial charge in [-0.2, -0.15) is 8.42 Å². The molecule has 0 saturated heterocycles. The summed E-state index contributed by atoms with van der Waals surface area (Å²) in [5.41, 5.74) is 2.26. The average molecular weight is 644 g/mol. The predicted octanol–water partition coefficient (Wildman–Crippen LogP) is 4.74. The summed E-state index contributed by atoms with van der Waals surface area (Å²) in [6.45, 7) is 6.01. The van der Waals surface area contributed by atoms with Crippen molar-refractivity contribution in [3.8, 4) is 0 Å². The fourth-order valence-corrected chi connectivity index (χ4v) is 7.61. The van der Waals surface area contributed by atoms with Gasteiger partial charge in [0.2, 0.25) is 5.91 Å². The minimum Gasteiger partial charge on any atom is -0.373 e. The molecule has 250 valence electrons. The van der Waals surface area contributed by atoms with E-state index in [0.29, 0.717) is 17.4 Å². The number of aromatic nitrogens is 2. The van der Waals surface area contributed by atoms with Crippen molar-refractivity contribution in [3.63, 3.8) is 0 Å². The second-order valence-electron chi connectivity index (χ2n) is 13.6. The molecule has 4 rings (SSSR count). The third kappa shape index (κ3) is 9.93. The van der Waals surface area contributed by atoms with Crippen LogP contribution in [0.5, 0.6) is 0 Å². The van der Waals surface area contributed by atoms with Gasteiger partial charge in [-0.05, 0) is 68.1 Å². The van der Waals surface area contributed by atoms with Crippen molar-refractivity contribution in [1.29, 1.82) is 0 Å². The van der Waals surface area contributed by atoms with Gasteiger partial charge in [0, 0.05) is 51.4 Å². The van der Waals surface area contributed by atoms with Gasteiger partial charge in [0.05, 0.1) is 17.7 Å². The second kappa shape index (κ2) is 15.9. The molecular weight excluding hydrogens is 590 g/mol. The predicted molar refractivity (Wildman–Crippen MR) is 178 cm³/mol. The third-order valence-corrected chi connectivity index (χ3v) is 10.6. The van der Waals surface area contributed by atoms with Crippen LogP contribution < -0.4 is 25.8 Å². The molecule has 0 radical (unpaired) electrons. The lowest BCUT2D eigenvalue weighted by molar-refractivity contribution is -0.120. The van der Waals surface area contributed by atoms with E-state index in [1.54, 1.807) is 7.05 Å². The fourth-order valence-electron chi connectivity index (χ4n) is 6.63. The number of carbonyl (C=O) groups excluding carboxylic acids is 2. The molecule has 0 aliphatic heterocycles. The number of rotatable bonds is 14. The lowest BCUT2D eigenvalue weighted by Crippen LogP contribution is -2.45. The number of hydrogen-bond donors (Lipinski definition) is 3. The Bertz CT molecular complexity index is 1380. The number of hydrazine groups is 1. The first kappa shape index (κ1) is 34.7. The number of nitrogens with one attached hydrogen (secondary N) is 2. The first-order chi connectivity index (χ1) is 21.4. The van der Waals surface area contributed by atoms with Crippen LogP contribution in [0.15, 0.2) is 35.7 Å². The normalized spacial score (nSPS) is 17.2. The summed E-state index contributed by atoms with van der Waals surface area (Å²) in [6.07, 6.45) is 14.5. The number of benzene rings is 1. The maximum Gasteiger partial charge on any atom is 0.283 e. The van der Waals surface area contributed by atoms with E-state index in [0.717, 1.165) is 75.8 Å². The van der Waals surface area contributed by atoms with Crippen LogP contribution in [-0.4, -0.2) is 56.0 Å². The lowest BCUT2D eigenvalue weighted by Gasteiger charge is -2.32. The Labute approximate surface area is 269 Å². The highest BCUT2D eigenvalue weighted by Gasteiger charge is 2.30. The average Bonchev–Trinajstić information content (AvgIpc) is 3.47. The Hall–Kier alpha value is -3.12. The van der Waals surface area contributed by atoms with Crippen LogP contribution in [0.3, 0.4) is 0 Å². The van der Waals surface area contributed by atoms with E-state index in [4.69, 9.17) is 5.84 Å². The molecule has 2 saturated carbocycles. The summed E-state index contributed by atoms with van der Waals surface area (Å²) in [5.74, 6) is 6.93. The number of aryl methyl sites for hydroxylation is 1. The van der Waals surface area contributed by atoms with E-state index in [1.807, 2.05) is 23.2 Å². The second-order valence-corrected chi connectivity index (χ2v) is 15.2. The van der Waals surface area contributed by atoms with Crippen LogP contribution in [0, 0.1) is 17.8 Å². The summed E-state index contributed by atoms with van der Waals surface area (Å²) in [6, 6.07) is 5.14. The minimum atomic E-state index is -4.11. The first-order valence-electron chi connectivity index (χ1n) is 16.6. The molecule has 2 aliphatic rings. The maximum absolute atomic E-state index is 13.8. The van der Waals surface area contributed by atoms with E-state index >= 15 is 0 Å². The molecule has 4 N–H and O–H groups in total. The zero-order chi connectivity index (χ0) is 32.6. The minimum absolute atomic E-state index is 0.0734.